The molecule has 0 saturated carbocycles. The second-order valence-electron chi connectivity index (χ2n) is 10.3. The highest BCUT2D eigenvalue weighted by molar-refractivity contribution is 7.89. The Labute approximate surface area is 250 Å². The molecule has 42 heavy (non-hydrogen) atoms. The molecule has 2 N–H and O–H groups in total. The first-order valence-corrected chi connectivity index (χ1v) is 15.4. The van der Waals surface area contributed by atoms with Crippen molar-refractivity contribution in [1.29, 1.82) is 0 Å². The second-order valence-corrected chi connectivity index (χ2v) is 11.6. The van der Waals surface area contributed by atoms with E-state index >= 15 is 4.39 Å². The van der Waals surface area contributed by atoms with Crippen LogP contribution in [0.3, 0.4) is 0 Å². The third-order valence-corrected chi connectivity index (χ3v) is 8.02. The van der Waals surface area contributed by atoms with Gasteiger partial charge in [-0.1, -0.05) is 74.0 Å². The molecule has 0 amide bonds. The summed E-state index contributed by atoms with van der Waals surface area (Å²) in [5, 5.41) is 15.6. The number of aromatic nitrogens is 3. The number of unbranched alkanes of at least 4 members (excludes halogenated alkanes) is 1. The van der Waals surface area contributed by atoms with Crippen LogP contribution < -0.4 is 9.62 Å². The van der Waals surface area contributed by atoms with Gasteiger partial charge in [-0.25, -0.2) is 13.9 Å². The summed E-state index contributed by atoms with van der Waals surface area (Å²) in [6.07, 6.45) is -1.45. The van der Waals surface area contributed by atoms with Gasteiger partial charge in [0.15, 0.2) is 12.0 Å². The fourth-order valence-electron chi connectivity index (χ4n) is 4.62. The van der Waals surface area contributed by atoms with Gasteiger partial charge in [0.25, 0.3) is 0 Å². The quantitative estimate of drug-likeness (QED) is 0.173. The lowest BCUT2D eigenvalue weighted by molar-refractivity contribution is -0.115. The number of nitrogens with zero attached hydrogens (tertiary/aromatic N) is 4. The highest BCUT2D eigenvalue weighted by atomic mass is 32.2. The van der Waals surface area contributed by atoms with E-state index in [2.05, 4.69) is 14.8 Å². The van der Waals surface area contributed by atoms with Crippen molar-refractivity contribution >= 4 is 22.7 Å². The second kappa shape index (κ2) is 16.0. The SMILES string of the molecule is CCCC[S+]([O-])NC(c1ccc2c(N(C)C)ncnn12)[C@H](F)[C@H](OCc1ccccc1)[C@H](O)COCc1ccccc1. The number of ether oxygens (including phenoxy) is 2. The summed E-state index contributed by atoms with van der Waals surface area (Å²) in [5.74, 6) is 1.02. The maximum absolute atomic E-state index is 16.9. The molecule has 0 aliphatic carbocycles. The third-order valence-electron chi connectivity index (χ3n) is 6.84. The van der Waals surface area contributed by atoms with Crippen molar-refractivity contribution in [2.24, 2.45) is 0 Å². The van der Waals surface area contributed by atoms with Crippen molar-refractivity contribution < 1.29 is 23.5 Å². The van der Waals surface area contributed by atoms with Crippen LogP contribution in [0.5, 0.6) is 0 Å². The van der Waals surface area contributed by atoms with Crippen molar-refractivity contribution in [1.82, 2.24) is 19.3 Å². The molecule has 0 spiro atoms. The van der Waals surface area contributed by atoms with Crippen LogP contribution in [0.15, 0.2) is 79.1 Å². The molecule has 2 aromatic carbocycles. The minimum Gasteiger partial charge on any atom is -0.598 e. The lowest BCUT2D eigenvalue weighted by atomic mass is 10.0. The highest BCUT2D eigenvalue weighted by Gasteiger charge is 2.40. The number of hydrogen-bond acceptors (Lipinski definition) is 8. The van der Waals surface area contributed by atoms with Gasteiger partial charge in [0, 0.05) is 25.5 Å². The fraction of sp³-hybridized carbons (Fsp3) is 0.419. The molecule has 0 radical (unpaired) electrons. The lowest BCUT2D eigenvalue weighted by Crippen LogP contribution is -2.48. The standard InChI is InChI=1S/C31H40FN5O4S/c1-4-5-18-42(39)35-29(25-16-17-26-31(36(2)3)33-22-34-37(25)26)28(32)30(41-20-24-14-10-7-11-15-24)27(38)21-40-19-23-12-8-6-9-13-23/h6-17,22,27-30,35,38H,4-5,18-21H2,1-3H3/t27-,28+,29?,30-,42?/m1/s1. The smallest absolute Gasteiger partial charge is 0.156 e. The van der Waals surface area contributed by atoms with E-state index in [9.17, 15) is 9.66 Å². The van der Waals surface area contributed by atoms with Crippen molar-refractivity contribution in [3.63, 3.8) is 0 Å². The molecule has 9 nitrogen and oxygen atoms in total. The first-order valence-electron chi connectivity index (χ1n) is 14.1. The number of hydrogen-bond donors (Lipinski definition) is 2. The van der Waals surface area contributed by atoms with Crippen LogP contribution in [0.1, 0.15) is 42.6 Å². The molecule has 4 rings (SSSR count). The first-order chi connectivity index (χ1) is 20.4. The van der Waals surface area contributed by atoms with E-state index in [1.54, 1.807) is 16.6 Å². The number of aliphatic hydroxyl groups excluding tert-OH is 1. The van der Waals surface area contributed by atoms with Crippen molar-refractivity contribution in [3.8, 4) is 0 Å². The summed E-state index contributed by atoms with van der Waals surface area (Å²) in [6, 6.07) is 21.4. The number of fused-ring (bicyclic) bond motifs is 1. The molecule has 11 heteroatoms. The molecule has 2 heterocycles. The van der Waals surface area contributed by atoms with Gasteiger partial charge >= 0.3 is 0 Å². The van der Waals surface area contributed by atoms with Gasteiger partial charge in [0.1, 0.15) is 35.8 Å². The van der Waals surface area contributed by atoms with Crippen LogP contribution >= 0.6 is 0 Å². The number of halogens is 1. The topological polar surface area (TPSA) is 107 Å². The number of alkyl halides is 1. The summed E-state index contributed by atoms with van der Waals surface area (Å²) >= 11 is -1.54. The Bertz CT molecular complexity index is 1350. The molecular weight excluding hydrogens is 557 g/mol. The van der Waals surface area contributed by atoms with E-state index in [4.69, 9.17) is 9.47 Å². The number of rotatable bonds is 17. The molecule has 5 atom stereocenters. The molecule has 0 bridgehead atoms. The molecule has 0 aliphatic rings. The molecular formula is C31H40FN5O4S. The third kappa shape index (κ3) is 8.50. The summed E-state index contributed by atoms with van der Waals surface area (Å²) in [4.78, 5) is 6.19. The largest absolute Gasteiger partial charge is 0.598 e. The van der Waals surface area contributed by atoms with E-state index in [-0.39, 0.29) is 19.8 Å². The van der Waals surface area contributed by atoms with Gasteiger partial charge < -0.3 is 24.0 Å². The van der Waals surface area contributed by atoms with Crippen molar-refractivity contribution in [3.05, 3.63) is 95.9 Å². The van der Waals surface area contributed by atoms with Gasteiger partial charge in [-0.15, -0.1) is 4.72 Å². The van der Waals surface area contributed by atoms with E-state index in [0.29, 0.717) is 22.8 Å². The Balaban J connectivity index is 1.63. The molecule has 226 valence electrons. The van der Waals surface area contributed by atoms with Crippen LogP contribution in [-0.2, 0) is 34.0 Å². The molecule has 2 unspecified atom stereocenters. The summed E-state index contributed by atoms with van der Waals surface area (Å²) in [7, 11) is 3.73. The van der Waals surface area contributed by atoms with Crippen LogP contribution in [0.2, 0.25) is 0 Å². The average Bonchev–Trinajstić information content (AvgIpc) is 3.44. The average molecular weight is 598 g/mol. The van der Waals surface area contributed by atoms with Crippen LogP contribution in [0.25, 0.3) is 5.52 Å². The number of anilines is 1. The molecule has 0 aliphatic heterocycles. The normalized spacial score (nSPS) is 15.3. The van der Waals surface area contributed by atoms with Crippen molar-refractivity contribution in [2.45, 2.75) is 57.4 Å². The maximum atomic E-state index is 16.9. The van der Waals surface area contributed by atoms with Crippen LogP contribution in [0.4, 0.5) is 10.2 Å². The van der Waals surface area contributed by atoms with E-state index < -0.39 is 35.8 Å². The lowest BCUT2D eigenvalue weighted by Gasteiger charge is -2.31. The van der Waals surface area contributed by atoms with Crippen molar-refractivity contribution in [2.75, 3.05) is 31.4 Å². The minimum atomic E-state index is -1.81. The van der Waals surface area contributed by atoms with Gasteiger partial charge in [-0.05, 0) is 29.7 Å². The fourth-order valence-corrected chi connectivity index (χ4v) is 5.83. The Hall–Kier alpha value is -3.06. The molecule has 0 fully saturated rings. The van der Waals surface area contributed by atoms with Gasteiger partial charge in [-0.3, -0.25) is 0 Å². The molecule has 2 aromatic heterocycles. The number of aliphatic hydroxyl groups is 1. The monoisotopic (exact) mass is 597 g/mol. The summed E-state index contributed by atoms with van der Waals surface area (Å²) in [6.45, 7) is 2.19. The van der Waals surface area contributed by atoms with Crippen LogP contribution in [-0.4, -0.2) is 69.1 Å². The van der Waals surface area contributed by atoms with Gasteiger partial charge in [0.05, 0.1) is 25.5 Å². The molecule has 4 aromatic rings. The van der Waals surface area contributed by atoms with Gasteiger partial charge in [-0.2, -0.15) is 5.10 Å². The highest BCUT2D eigenvalue weighted by Crippen LogP contribution is 2.30. The Morgan fingerprint density at radius 1 is 1.02 bits per heavy atom. The first kappa shape index (κ1) is 31.9. The zero-order chi connectivity index (χ0) is 29.9. The van der Waals surface area contributed by atoms with Gasteiger partial charge in [0.2, 0.25) is 0 Å². The zero-order valence-corrected chi connectivity index (χ0v) is 25.1. The van der Waals surface area contributed by atoms with Crippen LogP contribution in [0, 0.1) is 0 Å². The number of nitrogens with one attached hydrogen (secondary N) is 1. The predicted molar refractivity (Wildman–Crippen MR) is 163 cm³/mol. The summed E-state index contributed by atoms with van der Waals surface area (Å²) < 4.78 is 46.4. The number of benzene rings is 2. The predicted octanol–water partition coefficient (Wildman–Crippen LogP) is 4.39. The van der Waals surface area contributed by atoms with E-state index in [0.717, 1.165) is 24.0 Å². The van der Waals surface area contributed by atoms with E-state index in [1.807, 2.05) is 86.6 Å². The summed E-state index contributed by atoms with van der Waals surface area (Å²) in [5.41, 5.74) is 2.88. The Morgan fingerprint density at radius 3 is 2.33 bits per heavy atom. The van der Waals surface area contributed by atoms with E-state index in [1.165, 1.54) is 6.33 Å². The molecule has 0 saturated heterocycles. The zero-order valence-electron chi connectivity index (χ0n) is 24.3. The minimum absolute atomic E-state index is 0.0785. The maximum Gasteiger partial charge on any atom is 0.156 e. The Kier molecular flexibility index (Phi) is 12.1. The Morgan fingerprint density at radius 2 is 1.69 bits per heavy atom.